The lowest BCUT2D eigenvalue weighted by Gasteiger charge is -2.23. The summed E-state index contributed by atoms with van der Waals surface area (Å²) in [6.07, 6.45) is 0. The lowest BCUT2D eigenvalue weighted by atomic mass is 10.1. The second-order valence-electron chi connectivity index (χ2n) is 4.96. The Bertz CT molecular complexity index is 496. The van der Waals surface area contributed by atoms with Crippen LogP contribution in [-0.4, -0.2) is 60.2 Å². The number of amides is 1. The molecule has 0 saturated carbocycles. The molecule has 7 nitrogen and oxygen atoms in total. The van der Waals surface area contributed by atoms with Crippen LogP contribution in [0, 0.1) is 0 Å². The minimum absolute atomic E-state index is 0. The third-order valence-electron chi connectivity index (χ3n) is 3.63. The molecule has 1 aliphatic heterocycles. The van der Waals surface area contributed by atoms with Crippen LogP contribution in [0.1, 0.15) is 10.4 Å². The third-order valence-corrected chi connectivity index (χ3v) is 3.63. The van der Waals surface area contributed by atoms with Crippen LogP contribution in [0.25, 0.3) is 0 Å². The fourth-order valence-electron chi connectivity index (χ4n) is 2.36. The molecular formula is C15H23ClN2O5. The minimum atomic E-state index is -0.168. The number of morpholine rings is 1. The van der Waals surface area contributed by atoms with Gasteiger partial charge in [-0.15, -0.1) is 0 Å². The fraction of sp³-hybridized carbons (Fsp3) is 0.533. The summed E-state index contributed by atoms with van der Waals surface area (Å²) < 4.78 is 21.1. The Kier molecular flexibility index (Phi) is 7.94. The van der Waals surface area contributed by atoms with Crippen molar-refractivity contribution in [2.45, 2.75) is 0 Å². The molecule has 1 heterocycles. The van der Waals surface area contributed by atoms with Crippen LogP contribution in [0.3, 0.4) is 0 Å². The van der Waals surface area contributed by atoms with Gasteiger partial charge in [-0.2, -0.15) is 0 Å². The number of carbonyl (C=O) groups is 1. The van der Waals surface area contributed by atoms with E-state index in [0.29, 0.717) is 29.5 Å². The first-order valence-corrected chi connectivity index (χ1v) is 7.19. The second-order valence-corrected chi connectivity index (χ2v) is 4.96. The minimum Gasteiger partial charge on any atom is -1.00 e. The molecule has 0 atom stereocenters. The number of hydrogen-bond acceptors (Lipinski definition) is 5. The molecule has 0 aliphatic carbocycles. The topological polar surface area (TPSA) is 70.5 Å². The van der Waals surface area contributed by atoms with E-state index in [1.807, 2.05) is 0 Å². The second kappa shape index (κ2) is 9.44. The maximum atomic E-state index is 12.3. The molecule has 1 aromatic rings. The fourth-order valence-corrected chi connectivity index (χ4v) is 2.36. The van der Waals surface area contributed by atoms with E-state index in [0.717, 1.165) is 26.3 Å². The van der Waals surface area contributed by atoms with Gasteiger partial charge in [0.2, 0.25) is 5.75 Å². The summed E-state index contributed by atoms with van der Waals surface area (Å²) in [6.45, 7) is 3.83. The average Bonchev–Trinajstić information content (AvgIpc) is 2.59. The molecule has 0 bridgehead atoms. The Morgan fingerprint density at radius 2 is 1.70 bits per heavy atom. The molecule has 1 aromatic carbocycles. The van der Waals surface area contributed by atoms with Crippen LogP contribution in [-0.2, 0) is 4.74 Å². The lowest BCUT2D eigenvalue weighted by Crippen LogP contribution is -3.15. The summed E-state index contributed by atoms with van der Waals surface area (Å²) >= 11 is 0. The Morgan fingerprint density at radius 1 is 1.13 bits per heavy atom. The standard InChI is InChI=1S/C15H22N2O5.ClH/c1-19-12-8-11(9-13(20-2)14(12)21-3)15(18)16-10-17-4-6-22-7-5-17;/h8-9H,4-7,10H2,1-3H3,(H,16,18);1H. The van der Waals surface area contributed by atoms with Gasteiger partial charge in [-0.1, -0.05) is 0 Å². The molecule has 0 unspecified atom stereocenters. The largest absolute Gasteiger partial charge is 1.00 e. The van der Waals surface area contributed by atoms with Gasteiger partial charge >= 0.3 is 0 Å². The van der Waals surface area contributed by atoms with E-state index in [2.05, 4.69) is 5.32 Å². The SMILES string of the molecule is COc1cc(C(=O)NC[NH+]2CCOCC2)cc(OC)c1OC.[Cl-]. The number of quaternary nitrogens is 1. The van der Waals surface area contributed by atoms with E-state index in [9.17, 15) is 4.79 Å². The van der Waals surface area contributed by atoms with Crippen molar-refractivity contribution < 1.29 is 41.0 Å². The number of carbonyl (C=O) groups excluding carboxylic acids is 1. The Balaban J connectivity index is 0.00000264. The summed E-state index contributed by atoms with van der Waals surface area (Å²) in [7, 11) is 4.58. The van der Waals surface area contributed by atoms with Gasteiger partial charge in [0.25, 0.3) is 5.91 Å². The van der Waals surface area contributed by atoms with Crippen LogP contribution >= 0.6 is 0 Å². The molecule has 23 heavy (non-hydrogen) atoms. The van der Waals surface area contributed by atoms with Gasteiger partial charge in [0, 0.05) is 5.56 Å². The van der Waals surface area contributed by atoms with Gasteiger partial charge in [-0.05, 0) is 12.1 Å². The molecule has 1 amide bonds. The Morgan fingerprint density at radius 3 is 2.17 bits per heavy atom. The van der Waals surface area contributed by atoms with Crippen molar-refractivity contribution in [3.63, 3.8) is 0 Å². The number of methoxy groups -OCH3 is 3. The van der Waals surface area contributed by atoms with Crippen molar-refractivity contribution in [3.8, 4) is 17.2 Å². The van der Waals surface area contributed by atoms with Gasteiger partial charge in [0.15, 0.2) is 18.2 Å². The van der Waals surface area contributed by atoms with Crippen molar-refractivity contribution in [1.82, 2.24) is 5.32 Å². The first-order valence-electron chi connectivity index (χ1n) is 7.19. The van der Waals surface area contributed by atoms with Crippen LogP contribution in [0.2, 0.25) is 0 Å². The quantitative estimate of drug-likeness (QED) is 0.555. The van der Waals surface area contributed by atoms with Gasteiger partial charge in [-0.3, -0.25) is 4.79 Å². The van der Waals surface area contributed by atoms with E-state index >= 15 is 0 Å². The highest BCUT2D eigenvalue weighted by molar-refractivity contribution is 5.95. The highest BCUT2D eigenvalue weighted by Crippen LogP contribution is 2.38. The van der Waals surface area contributed by atoms with Crippen LogP contribution in [0.4, 0.5) is 0 Å². The lowest BCUT2D eigenvalue weighted by molar-refractivity contribution is -0.909. The molecule has 0 spiro atoms. The molecule has 8 heteroatoms. The number of rotatable bonds is 6. The summed E-state index contributed by atoms with van der Waals surface area (Å²) in [6, 6.07) is 3.29. The maximum Gasteiger partial charge on any atom is 0.255 e. The van der Waals surface area contributed by atoms with E-state index < -0.39 is 0 Å². The van der Waals surface area contributed by atoms with Crippen LogP contribution in [0.15, 0.2) is 12.1 Å². The molecule has 0 radical (unpaired) electrons. The van der Waals surface area contributed by atoms with E-state index in [4.69, 9.17) is 18.9 Å². The number of halogens is 1. The molecule has 130 valence electrons. The zero-order valence-electron chi connectivity index (χ0n) is 13.6. The summed E-state index contributed by atoms with van der Waals surface area (Å²) in [5.41, 5.74) is 0.474. The summed E-state index contributed by atoms with van der Waals surface area (Å²) in [4.78, 5) is 13.6. The molecular weight excluding hydrogens is 324 g/mol. The summed E-state index contributed by atoms with van der Waals surface area (Å²) in [5.74, 6) is 1.23. The van der Waals surface area contributed by atoms with Crippen LogP contribution < -0.4 is 36.8 Å². The maximum absolute atomic E-state index is 12.3. The van der Waals surface area contributed by atoms with Crippen molar-refractivity contribution in [2.75, 3.05) is 54.3 Å². The van der Waals surface area contributed by atoms with Crippen LogP contribution in [0.5, 0.6) is 17.2 Å². The predicted molar refractivity (Wildman–Crippen MR) is 79.9 cm³/mol. The van der Waals surface area contributed by atoms with E-state index in [-0.39, 0.29) is 18.3 Å². The third kappa shape index (κ3) is 4.89. The zero-order valence-corrected chi connectivity index (χ0v) is 14.4. The smallest absolute Gasteiger partial charge is 0.255 e. The van der Waals surface area contributed by atoms with Crippen molar-refractivity contribution in [2.24, 2.45) is 0 Å². The predicted octanol–water partition coefficient (Wildman–Crippen LogP) is -3.68. The highest BCUT2D eigenvalue weighted by atomic mass is 35.5. The zero-order chi connectivity index (χ0) is 15.9. The average molecular weight is 347 g/mol. The first kappa shape index (κ1) is 19.3. The monoisotopic (exact) mass is 346 g/mol. The van der Waals surface area contributed by atoms with Crippen molar-refractivity contribution in [1.29, 1.82) is 0 Å². The summed E-state index contributed by atoms with van der Waals surface area (Å²) in [5, 5.41) is 2.93. The van der Waals surface area contributed by atoms with E-state index in [1.54, 1.807) is 12.1 Å². The van der Waals surface area contributed by atoms with Gasteiger partial charge < -0.3 is 41.6 Å². The number of hydrogen-bond donors (Lipinski definition) is 2. The molecule has 0 aromatic heterocycles. The highest BCUT2D eigenvalue weighted by Gasteiger charge is 2.19. The van der Waals surface area contributed by atoms with Crippen molar-refractivity contribution >= 4 is 5.91 Å². The molecule has 1 fully saturated rings. The van der Waals surface area contributed by atoms with Gasteiger partial charge in [-0.25, -0.2) is 0 Å². The van der Waals surface area contributed by atoms with Gasteiger partial charge in [0.1, 0.15) is 13.1 Å². The Labute approximate surface area is 142 Å². The van der Waals surface area contributed by atoms with E-state index in [1.165, 1.54) is 26.2 Å². The van der Waals surface area contributed by atoms with Crippen molar-refractivity contribution in [3.05, 3.63) is 17.7 Å². The van der Waals surface area contributed by atoms with Gasteiger partial charge in [0.05, 0.1) is 34.5 Å². The number of ether oxygens (including phenoxy) is 4. The molecule has 2 N–H and O–H groups in total. The molecule has 1 saturated heterocycles. The Hall–Kier alpha value is -1.70. The number of benzene rings is 1. The first-order chi connectivity index (χ1) is 10.7. The number of nitrogens with one attached hydrogen (secondary N) is 2. The molecule has 1 aliphatic rings. The normalized spacial score (nSPS) is 14.6. The molecule has 2 rings (SSSR count).